The van der Waals surface area contributed by atoms with Gasteiger partial charge in [0.15, 0.2) is 0 Å². The van der Waals surface area contributed by atoms with Crippen LogP contribution in [0.4, 0.5) is 0 Å². The largest absolute Gasteiger partial charge is 0.494 e. The summed E-state index contributed by atoms with van der Waals surface area (Å²) < 4.78 is 5.58. The lowest BCUT2D eigenvalue weighted by molar-refractivity contribution is -0.121. The van der Waals surface area contributed by atoms with Gasteiger partial charge in [0.2, 0.25) is 5.91 Å². The fourth-order valence-corrected chi connectivity index (χ4v) is 3.03. The molecule has 0 aromatic heterocycles. The summed E-state index contributed by atoms with van der Waals surface area (Å²) in [5, 5.41) is 3.69. The summed E-state index contributed by atoms with van der Waals surface area (Å²) >= 11 is 5.82. The Kier molecular flexibility index (Phi) is 9.08. The van der Waals surface area contributed by atoms with Crippen molar-refractivity contribution in [2.45, 2.75) is 26.2 Å². The van der Waals surface area contributed by atoms with E-state index in [0.717, 1.165) is 58.0 Å². The molecule has 1 saturated heterocycles. The molecule has 1 heterocycles. The Labute approximate surface area is 156 Å². The van der Waals surface area contributed by atoms with Crippen LogP contribution >= 0.6 is 11.6 Å². The number of carbonyl (C=O) groups is 1. The highest BCUT2D eigenvalue weighted by Crippen LogP contribution is 2.15. The highest BCUT2D eigenvalue weighted by atomic mass is 35.5. The van der Waals surface area contributed by atoms with Gasteiger partial charge in [0.1, 0.15) is 5.75 Å². The molecule has 0 unspecified atom stereocenters. The van der Waals surface area contributed by atoms with Crippen LogP contribution in [0.3, 0.4) is 0 Å². The molecule has 0 aliphatic carbocycles. The summed E-state index contributed by atoms with van der Waals surface area (Å²) in [5.41, 5.74) is 0. The lowest BCUT2D eigenvalue weighted by Gasteiger charge is -2.33. The van der Waals surface area contributed by atoms with Gasteiger partial charge in [-0.2, -0.15) is 0 Å². The second-order valence-corrected chi connectivity index (χ2v) is 6.82. The summed E-state index contributed by atoms with van der Waals surface area (Å²) in [7, 11) is 0. The summed E-state index contributed by atoms with van der Waals surface area (Å²) in [6, 6.07) is 7.27. The summed E-state index contributed by atoms with van der Waals surface area (Å²) in [4.78, 5) is 16.8. The number of likely N-dealkylation sites (N-methyl/N-ethyl adjacent to an activating group) is 1. The van der Waals surface area contributed by atoms with Crippen molar-refractivity contribution in [1.82, 2.24) is 15.1 Å². The maximum Gasteiger partial charge on any atom is 0.220 e. The van der Waals surface area contributed by atoms with E-state index in [1.165, 1.54) is 0 Å². The minimum Gasteiger partial charge on any atom is -0.494 e. The van der Waals surface area contributed by atoms with E-state index in [0.29, 0.717) is 24.5 Å². The quantitative estimate of drug-likeness (QED) is 0.646. The molecule has 1 aromatic carbocycles. The van der Waals surface area contributed by atoms with Crippen LogP contribution in [0, 0.1) is 0 Å². The van der Waals surface area contributed by atoms with E-state index in [1.807, 2.05) is 12.1 Å². The SMILES string of the molecule is CCN1CCN(CCCNC(=O)CCCOc2ccc(Cl)cc2)CC1. The maximum atomic E-state index is 11.8. The summed E-state index contributed by atoms with van der Waals surface area (Å²) in [6.07, 6.45) is 2.23. The van der Waals surface area contributed by atoms with Crippen LogP contribution in [0.25, 0.3) is 0 Å². The number of ether oxygens (including phenoxy) is 1. The Balaban J connectivity index is 1.45. The lowest BCUT2D eigenvalue weighted by atomic mass is 10.2. The number of halogens is 1. The molecule has 1 aliphatic heterocycles. The Morgan fingerprint density at radius 3 is 2.48 bits per heavy atom. The average Bonchev–Trinajstić information content (AvgIpc) is 2.64. The monoisotopic (exact) mass is 367 g/mol. The predicted octanol–water partition coefficient (Wildman–Crippen LogP) is 2.64. The number of amides is 1. The number of benzene rings is 1. The second kappa shape index (κ2) is 11.3. The molecule has 0 radical (unpaired) electrons. The number of nitrogens with one attached hydrogen (secondary N) is 1. The molecular weight excluding hydrogens is 338 g/mol. The van der Waals surface area contributed by atoms with Gasteiger partial charge < -0.3 is 19.9 Å². The van der Waals surface area contributed by atoms with Gasteiger partial charge in [-0.3, -0.25) is 4.79 Å². The number of carbonyl (C=O) groups excluding carboxylic acids is 1. The normalized spacial score (nSPS) is 15.9. The van der Waals surface area contributed by atoms with Gasteiger partial charge in [-0.05, 0) is 50.2 Å². The Morgan fingerprint density at radius 1 is 1.12 bits per heavy atom. The third kappa shape index (κ3) is 8.08. The fourth-order valence-electron chi connectivity index (χ4n) is 2.90. The van der Waals surface area contributed by atoms with Crippen molar-refractivity contribution < 1.29 is 9.53 Å². The van der Waals surface area contributed by atoms with Crippen LogP contribution < -0.4 is 10.1 Å². The minimum atomic E-state index is 0.107. The summed E-state index contributed by atoms with van der Waals surface area (Å²) in [6.45, 7) is 10.3. The van der Waals surface area contributed by atoms with Crippen LogP contribution in [-0.2, 0) is 4.79 Å². The molecule has 5 nitrogen and oxygen atoms in total. The first kappa shape index (κ1) is 20.0. The standard InChI is InChI=1S/C19H30ClN3O2/c1-2-22-12-14-23(15-13-22)11-4-10-21-19(24)5-3-16-25-18-8-6-17(20)7-9-18/h6-9H,2-5,10-16H2,1H3,(H,21,24). The van der Waals surface area contributed by atoms with Crippen molar-refractivity contribution in [3.63, 3.8) is 0 Å². The molecule has 0 saturated carbocycles. The van der Waals surface area contributed by atoms with E-state index in [9.17, 15) is 4.79 Å². The van der Waals surface area contributed by atoms with Crippen molar-refractivity contribution in [2.24, 2.45) is 0 Å². The van der Waals surface area contributed by atoms with Crippen LogP contribution in [0.5, 0.6) is 5.75 Å². The zero-order valence-electron chi connectivity index (χ0n) is 15.2. The number of rotatable bonds is 10. The highest BCUT2D eigenvalue weighted by Gasteiger charge is 2.14. The number of nitrogens with zero attached hydrogens (tertiary/aromatic N) is 2. The third-order valence-electron chi connectivity index (χ3n) is 4.52. The van der Waals surface area contributed by atoms with Gasteiger partial charge in [-0.15, -0.1) is 0 Å². The number of piperazine rings is 1. The summed E-state index contributed by atoms with van der Waals surface area (Å²) in [5.74, 6) is 0.892. The van der Waals surface area contributed by atoms with Gasteiger partial charge in [0, 0.05) is 44.2 Å². The first-order valence-electron chi connectivity index (χ1n) is 9.27. The van der Waals surface area contributed by atoms with Gasteiger partial charge in [-0.25, -0.2) is 0 Å². The smallest absolute Gasteiger partial charge is 0.220 e. The molecule has 1 fully saturated rings. The first-order chi connectivity index (χ1) is 12.2. The van der Waals surface area contributed by atoms with Crippen molar-refractivity contribution in [3.05, 3.63) is 29.3 Å². The molecule has 0 spiro atoms. The third-order valence-corrected chi connectivity index (χ3v) is 4.77. The van der Waals surface area contributed by atoms with E-state index < -0.39 is 0 Å². The molecule has 0 bridgehead atoms. The zero-order valence-corrected chi connectivity index (χ0v) is 15.9. The Hall–Kier alpha value is -1.30. The molecule has 140 valence electrons. The van der Waals surface area contributed by atoms with Crippen molar-refractivity contribution >= 4 is 17.5 Å². The number of hydrogen-bond acceptors (Lipinski definition) is 4. The molecule has 6 heteroatoms. The average molecular weight is 368 g/mol. The molecule has 1 N–H and O–H groups in total. The molecule has 1 aliphatic rings. The molecule has 2 rings (SSSR count). The number of hydrogen-bond donors (Lipinski definition) is 1. The van der Waals surface area contributed by atoms with Gasteiger partial charge in [0.25, 0.3) is 0 Å². The van der Waals surface area contributed by atoms with Gasteiger partial charge >= 0.3 is 0 Å². The highest BCUT2D eigenvalue weighted by molar-refractivity contribution is 6.30. The molecular formula is C19H30ClN3O2. The van der Waals surface area contributed by atoms with Crippen LogP contribution in [0.2, 0.25) is 5.02 Å². The van der Waals surface area contributed by atoms with E-state index in [4.69, 9.17) is 16.3 Å². The predicted molar refractivity (Wildman–Crippen MR) is 102 cm³/mol. The molecule has 1 amide bonds. The van der Waals surface area contributed by atoms with E-state index >= 15 is 0 Å². The van der Waals surface area contributed by atoms with Gasteiger partial charge in [-0.1, -0.05) is 18.5 Å². The van der Waals surface area contributed by atoms with E-state index in [2.05, 4.69) is 22.0 Å². The van der Waals surface area contributed by atoms with Crippen LogP contribution in [0.15, 0.2) is 24.3 Å². The van der Waals surface area contributed by atoms with Crippen molar-refractivity contribution in [2.75, 3.05) is 52.4 Å². The second-order valence-electron chi connectivity index (χ2n) is 6.39. The Bertz CT molecular complexity index is 502. The molecule has 1 aromatic rings. The molecule has 0 atom stereocenters. The van der Waals surface area contributed by atoms with E-state index in [-0.39, 0.29) is 5.91 Å². The maximum absolute atomic E-state index is 11.8. The first-order valence-corrected chi connectivity index (χ1v) is 9.65. The molecule has 25 heavy (non-hydrogen) atoms. The Morgan fingerprint density at radius 2 is 1.80 bits per heavy atom. The van der Waals surface area contributed by atoms with Crippen molar-refractivity contribution in [3.8, 4) is 5.75 Å². The lowest BCUT2D eigenvalue weighted by Crippen LogP contribution is -2.46. The fraction of sp³-hybridized carbons (Fsp3) is 0.632. The van der Waals surface area contributed by atoms with Crippen LogP contribution in [-0.4, -0.2) is 68.1 Å². The zero-order chi connectivity index (χ0) is 17.9. The minimum absolute atomic E-state index is 0.107. The van der Waals surface area contributed by atoms with Crippen LogP contribution in [0.1, 0.15) is 26.2 Å². The topological polar surface area (TPSA) is 44.8 Å². The van der Waals surface area contributed by atoms with Crippen molar-refractivity contribution in [1.29, 1.82) is 0 Å². The van der Waals surface area contributed by atoms with E-state index in [1.54, 1.807) is 12.1 Å². The van der Waals surface area contributed by atoms with Gasteiger partial charge in [0.05, 0.1) is 6.61 Å².